The van der Waals surface area contributed by atoms with Gasteiger partial charge in [0, 0.05) is 12.7 Å². The molecule has 1 aromatic carbocycles. The number of ether oxygens (including phenoxy) is 1. The zero-order valence-corrected chi connectivity index (χ0v) is 10.8. The third-order valence-corrected chi connectivity index (χ3v) is 2.68. The third kappa shape index (κ3) is 4.01. The molecule has 5 heteroatoms. The van der Waals surface area contributed by atoms with Crippen molar-refractivity contribution >= 4 is 5.91 Å². The molecule has 0 aliphatic rings. The smallest absolute Gasteiger partial charge is 0.251 e. The highest BCUT2D eigenvalue weighted by atomic mass is 16.5. The first-order chi connectivity index (χ1) is 8.58. The number of amides is 1. The van der Waals surface area contributed by atoms with Crippen molar-refractivity contribution in [1.29, 1.82) is 0 Å². The number of carbonyl (C=O) groups is 1. The molecule has 0 aliphatic heterocycles. The summed E-state index contributed by atoms with van der Waals surface area (Å²) >= 11 is 0. The Morgan fingerprint density at radius 1 is 1.56 bits per heavy atom. The quantitative estimate of drug-likeness (QED) is 0.699. The Balaban J connectivity index is 2.70. The largest absolute Gasteiger partial charge is 0.508 e. The molecule has 0 heterocycles. The Hall–Kier alpha value is -1.59. The Morgan fingerprint density at radius 3 is 2.83 bits per heavy atom. The molecular weight excluding hydrogens is 232 g/mol. The van der Waals surface area contributed by atoms with Crippen molar-refractivity contribution in [2.24, 2.45) is 5.73 Å². The van der Waals surface area contributed by atoms with Crippen LogP contribution in [-0.2, 0) is 4.74 Å². The van der Waals surface area contributed by atoms with Crippen molar-refractivity contribution in [2.75, 3.05) is 20.3 Å². The summed E-state index contributed by atoms with van der Waals surface area (Å²) in [5.74, 6) is -0.00412. The van der Waals surface area contributed by atoms with Crippen LogP contribution in [0.25, 0.3) is 0 Å². The molecule has 1 amide bonds. The van der Waals surface area contributed by atoms with Gasteiger partial charge in [-0.15, -0.1) is 0 Å². The van der Waals surface area contributed by atoms with E-state index < -0.39 is 0 Å². The van der Waals surface area contributed by atoms with E-state index in [1.54, 1.807) is 26.2 Å². The topological polar surface area (TPSA) is 84.6 Å². The molecule has 4 N–H and O–H groups in total. The van der Waals surface area contributed by atoms with Gasteiger partial charge < -0.3 is 20.9 Å². The van der Waals surface area contributed by atoms with Crippen molar-refractivity contribution in [3.8, 4) is 5.75 Å². The van der Waals surface area contributed by atoms with Gasteiger partial charge in [0.15, 0.2) is 0 Å². The summed E-state index contributed by atoms with van der Waals surface area (Å²) in [5.41, 5.74) is 6.67. The van der Waals surface area contributed by atoms with Crippen LogP contribution in [0.2, 0.25) is 0 Å². The highest BCUT2D eigenvalue weighted by molar-refractivity contribution is 5.94. The highest BCUT2D eigenvalue weighted by Crippen LogP contribution is 2.16. The summed E-state index contributed by atoms with van der Waals surface area (Å²) in [7, 11) is 1.58. The van der Waals surface area contributed by atoms with E-state index in [1.807, 2.05) is 0 Å². The molecule has 100 valence electrons. The summed E-state index contributed by atoms with van der Waals surface area (Å²) in [4.78, 5) is 12.0. The van der Waals surface area contributed by atoms with Gasteiger partial charge in [-0.1, -0.05) is 0 Å². The first-order valence-electron chi connectivity index (χ1n) is 5.88. The molecule has 0 saturated heterocycles. The van der Waals surface area contributed by atoms with Crippen LogP contribution in [0.4, 0.5) is 0 Å². The number of methoxy groups -OCH3 is 1. The second-order valence-corrected chi connectivity index (χ2v) is 4.20. The predicted molar refractivity (Wildman–Crippen MR) is 69.6 cm³/mol. The van der Waals surface area contributed by atoms with Crippen LogP contribution in [0.5, 0.6) is 5.75 Å². The molecule has 0 saturated carbocycles. The van der Waals surface area contributed by atoms with Crippen LogP contribution in [0.15, 0.2) is 18.2 Å². The van der Waals surface area contributed by atoms with Crippen LogP contribution in [-0.4, -0.2) is 37.3 Å². The van der Waals surface area contributed by atoms with Gasteiger partial charge in [0.05, 0.1) is 12.6 Å². The van der Waals surface area contributed by atoms with E-state index in [9.17, 15) is 9.90 Å². The SMILES string of the molecule is COCC(CCN)NC(=O)c1ccc(O)c(C)c1. The lowest BCUT2D eigenvalue weighted by atomic mass is 10.1. The first-order valence-corrected chi connectivity index (χ1v) is 5.88. The van der Waals surface area contributed by atoms with Crippen molar-refractivity contribution in [3.05, 3.63) is 29.3 Å². The second-order valence-electron chi connectivity index (χ2n) is 4.20. The molecule has 0 aliphatic carbocycles. The maximum absolute atomic E-state index is 12.0. The molecule has 5 nitrogen and oxygen atoms in total. The Labute approximate surface area is 107 Å². The molecule has 0 spiro atoms. The Morgan fingerprint density at radius 2 is 2.28 bits per heavy atom. The van der Waals surface area contributed by atoms with Gasteiger partial charge in [0.1, 0.15) is 5.75 Å². The number of hydrogen-bond donors (Lipinski definition) is 3. The van der Waals surface area contributed by atoms with Crippen molar-refractivity contribution in [3.63, 3.8) is 0 Å². The summed E-state index contributed by atoms with van der Waals surface area (Å²) in [6.07, 6.45) is 0.663. The average molecular weight is 252 g/mol. The number of rotatable bonds is 6. The van der Waals surface area contributed by atoms with Gasteiger partial charge in [-0.3, -0.25) is 4.79 Å². The summed E-state index contributed by atoms with van der Waals surface area (Å²) in [6, 6.07) is 4.65. The molecule has 1 rings (SSSR count). The zero-order valence-electron chi connectivity index (χ0n) is 10.8. The van der Waals surface area contributed by atoms with Crippen LogP contribution in [0, 0.1) is 6.92 Å². The number of aromatic hydroxyl groups is 1. The third-order valence-electron chi connectivity index (χ3n) is 2.68. The summed E-state index contributed by atoms with van der Waals surface area (Å²) in [5, 5.41) is 12.3. The predicted octanol–water partition coefficient (Wildman–Crippen LogP) is 0.794. The summed E-state index contributed by atoms with van der Waals surface area (Å²) < 4.78 is 5.03. The molecular formula is C13H20N2O3. The molecule has 1 unspecified atom stereocenters. The van der Waals surface area contributed by atoms with Gasteiger partial charge in [0.25, 0.3) is 5.91 Å². The Kier molecular flexibility index (Phi) is 5.61. The van der Waals surface area contributed by atoms with E-state index in [0.717, 1.165) is 0 Å². The number of carbonyl (C=O) groups excluding carboxylic acids is 1. The van der Waals surface area contributed by atoms with E-state index in [0.29, 0.717) is 30.7 Å². The van der Waals surface area contributed by atoms with Crippen molar-refractivity contribution in [2.45, 2.75) is 19.4 Å². The van der Waals surface area contributed by atoms with Crippen LogP contribution >= 0.6 is 0 Å². The standard InChI is InChI=1S/C13H20N2O3/c1-9-7-10(3-4-12(9)16)13(17)15-11(5-6-14)8-18-2/h3-4,7,11,16H,5-6,8,14H2,1-2H3,(H,15,17). The van der Waals surface area contributed by atoms with Crippen LogP contribution < -0.4 is 11.1 Å². The summed E-state index contributed by atoms with van der Waals surface area (Å²) in [6.45, 7) is 2.67. The normalized spacial score (nSPS) is 12.2. The van der Waals surface area contributed by atoms with E-state index >= 15 is 0 Å². The van der Waals surface area contributed by atoms with Gasteiger partial charge in [-0.05, 0) is 43.7 Å². The maximum atomic E-state index is 12.0. The van der Waals surface area contributed by atoms with E-state index in [-0.39, 0.29) is 17.7 Å². The molecule has 0 fully saturated rings. The fourth-order valence-corrected chi connectivity index (χ4v) is 1.66. The Bertz CT molecular complexity index is 401. The number of aryl methyl sites for hydroxylation is 1. The number of nitrogens with two attached hydrogens (primary N) is 1. The number of hydrogen-bond acceptors (Lipinski definition) is 4. The fraction of sp³-hybridized carbons (Fsp3) is 0.462. The minimum absolute atomic E-state index is 0.0957. The lowest BCUT2D eigenvalue weighted by Crippen LogP contribution is -2.39. The van der Waals surface area contributed by atoms with Crippen molar-refractivity contribution in [1.82, 2.24) is 5.32 Å². The maximum Gasteiger partial charge on any atom is 0.251 e. The highest BCUT2D eigenvalue weighted by Gasteiger charge is 2.13. The van der Waals surface area contributed by atoms with Crippen molar-refractivity contribution < 1.29 is 14.6 Å². The minimum Gasteiger partial charge on any atom is -0.508 e. The van der Waals surface area contributed by atoms with Crippen LogP contribution in [0.1, 0.15) is 22.3 Å². The molecule has 0 aromatic heterocycles. The van der Waals surface area contributed by atoms with Gasteiger partial charge in [-0.2, -0.15) is 0 Å². The van der Waals surface area contributed by atoms with E-state index in [1.165, 1.54) is 6.07 Å². The average Bonchev–Trinajstić information content (AvgIpc) is 2.33. The monoisotopic (exact) mass is 252 g/mol. The van der Waals surface area contributed by atoms with Gasteiger partial charge >= 0.3 is 0 Å². The van der Waals surface area contributed by atoms with E-state index in [2.05, 4.69) is 5.32 Å². The second kappa shape index (κ2) is 6.98. The molecule has 18 heavy (non-hydrogen) atoms. The molecule has 1 atom stereocenters. The fourth-order valence-electron chi connectivity index (χ4n) is 1.66. The molecule has 0 radical (unpaired) electrons. The number of benzene rings is 1. The molecule has 0 bridgehead atoms. The molecule has 1 aromatic rings. The van der Waals surface area contributed by atoms with E-state index in [4.69, 9.17) is 10.5 Å². The lowest BCUT2D eigenvalue weighted by molar-refractivity contribution is 0.0893. The lowest BCUT2D eigenvalue weighted by Gasteiger charge is -2.17. The zero-order chi connectivity index (χ0) is 13.5. The van der Waals surface area contributed by atoms with Gasteiger partial charge in [-0.25, -0.2) is 0 Å². The van der Waals surface area contributed by atoms with Crippen LogP contribution in [0.3, 0.4) is 0 Å². The first kappa shape index (κ1) is 14.5. The number of nitrogens with one attached hydrogen (secondary N) is 1. The number of phenolic OH excluding ortho intramolecular Hbond substituents is 1. The number of phenols is 1. The van der Waals surface area contributed by atoms with Gasteiger partial charge in [0.2, 0.25) is 0 Å². The minimum atomic E-state index is -0.186.